The largest absolute Gasteiger partial charge is 0.397 e. The van der Waals surface area contributed by atoms with E-state index in [1.165, 1.54) is 6.33 Å². The van der Waals surface area contributed by atoms with Crippen LogP contribution in [0.25, 0.3) is 11.2 Å². The predicted molar refractivity (Wildman–Crippen MR) is 153 cm³/mol. The zero-order valence-corrected chi connectivity index (χ0v) is 22.8. The Bertz CT molecular complexity index is 1640. The number of hydrogen-bond donors (Lipinski definition) is 2. The lowest BCUT2D eigenvalue weighted by molar-refractivity contribution is -0.0259. The van der Waals surface area contributed by atoms with Crippen molar-refractivity contribution in [2.24, 2.45) is 5.92 Å². The number of fused-ring (bicyclic) bond motifs is 1. The minimum Gasteiger partial charge on any atom is -0.382 e. The number of hydrogen-bond acceptors (Lipinski definition) is 8. The first-order valence-corrected chi connectivity index (χ1v) is 14.6. The molecule has 41 heavy (non-hydrogen) atoms. The molecule has 0 amide bonds. The molecule has 2 aromatic heterocycles. The van der Waals surface area contributed by atoms with Crippen LogP contribution in [-0.2, 0) is 24.9 Å². The van der Waals surface area contributed by atoms with Crippen LogP contribution in [0.4, 0.5) is 5.82 Å². The van der Waals surface area contributed by atoms with E-state index < -0.39 is 28.0 Å². The van der Waals surface area contributed by atoms with Gasteiger partial charge in [0.15, 0.2) is 11.5 Å². The second kappa shape index (κ2) is 11.0. The number of rotatable bonds is 9. The van der Waals surface area contributed by atoms with Crippen molar-refractivity contribution in [3.8, 4) is 0 Å². The highest BCUT2D eigenvalue weighted by Gasteiger charge is 2.43. The maximum Gasteiger partial charge on any atom is 0.397 e. The van der Waals surface area contributed by atoms with Gasteiger partial charge in [-0.3, -0.25) is 4.55 Å². The maximum absolute atomic E-state index is 11.9. The first-order valence-electron chi connectivity index (χ1n) is 13.2. The lowest BCUT2D eigenvalue weighted by atomic mass is 9.80. The Morgan fingerprint density at radius 3 is 1.95 bits per heavy atom. The number of ether oxygens (including phenoxy) is 1. The molecule has 0 spiro atoms. The van der Waals surface area contributed by atoms with Gasteiger partial charge in [0, 0.05) is 12.0 Å². The quantitative estimate of drug-likeness (QED) is 0.192. The summed E-state index contributed by atoms with van der Waals surface area (Å²) in [5.74, 6) is -0.134. The highest BCUT2D eigenvalue weighted by Crippen LogP contribution is 2.44. The third-order valence-corrected chi connectivity index (χ3v) is 8.18. The van der Waals surface area contributed by atoms with Crippen LogP contribution in [0.1, 0.15) is 35.6 Å². The van der Waals surface area contributed by atoms with Crippen molar-refractivity contribution < 1.29 is 21.9 Å². The van der Waals surface area contributed by atoms with Crippen LogP contribution in [0.15, 0.2) is 104 Å². The molecule has 1 fully saturated rings. The van der Waals surface area contributed by atoms with E-state index in [0.717, 1.165) is 16.7 Å². The first-order chi connectivity index (χ1) is 19.8. The fourth-order valence-corrected chi connectivity index (χ4v) is 6.42. The molecule has 3 N–H and O–H groups in total. The molecule has 1 aliphatic carbocycles. The van der Waals surface area contributed by atoms with Gasteiger partial charge in [-0.1, -0.05) is 91.0 Å². The van der Waals surface area contributed by atoms with Crippen molar-refractivity contribution >= 4 is 27.4 Å². The molecule has 210 valence electrons. The van der Waals surface area contributed by atoms with E-state index in [-0.39, 0.29) is 24.9 Å². The van der Waals surface area contributed by atoms with E-state index in [0.29, 0.717) is 17.6 Å². The van der Waals surface area contributed by atoms with Crippen molar-refractivity contribution in [3.63, 3.8) is 0 Å². The fourth-order valence-electron chi connectivity index (χ4n) is 5.87. The molecule has 1 aliphatic rings. The minimum absolute atomic E-state index is 0.138. The van der Waals surface area contributed by atoms with Gasteiger partial charge in [0.2, 0.25) is 0 Å². The highest BCUT2D eigenvalue weighted by molar-refractivity contribution is 7.80. The summed E-state index contributed by atoms with van der Waals surface area (Å²) in [6.07, 6.45) is 2.93. The van der Waals surface area contributed by atoms with Crippen LogP contribution in [0.3, 0.4) is 0 Å². The molecule has 2 heterocycles. The maximum atomic E-state index is 11.9. The second-order valence-electron chi connectivity index (χ2n) is 10.1. The van der Waals surface area contributed by atoms with Gasteiger partial charge in [-0.05, 0) is 29.5 Å². The fraction of sp³-hybridized carbons (Fsp3) is 0.233. The zero-order valence-electron chi connectivity index (χ0n) is 22.0. The summed E-state index contributed by atoms with van der Waals surface area (Å²) >= 11 is 0. The van der Waals surface area contributed by atoms with Crippen molar-refractivity contribution in [1.82, 2.24) is 19.5 Å². The Balaban J connectivity index is 1.39. The van der Waals surface area contributed by atoms with E-state index >= 15 is 0 Å². The summed E-state index contributed by atoms with van der Waals surface area (Å²) in [6, 6.07) is 29.5. The van der Waals surface area contributed by atoms with Gasteiger partial charge in [-0.15, -0.1) is 0 Å². The molecule has 0 radical (unpaired) electrons. The van der Waals surface area contributed by atoms with Crippen LogP contribution in [0.2, 0.25) is 0 Å². The van der Waals surface area contributed by atoms with Crippen molar-refractivity contribution in [2.45, 2.75) is 30.6 Å². The van der Waals surface area contributed by atoms with Crippen LogP contribution in [0, 0.1) is 5.92 Å². The topological polar surface area (TPSA) is 142 Å². The third kappa shape index (κ3) is 5.32. The van der Waals surface area contributed by atoms with Crippen LogP contribution in [-0.4, -0.2) is 45.2 Å². The molecule has 1 saturated carbocycles. The molecular weight excluding hydrogens is 542 g/mol. The number of anilines is 1. The minimum atomic E-state index is -4.72. The number of nitrogens with two attached hydrogens (primary N) is 1. The van der Waals surface area contributed by atoms with Gasteiger partial charge in [0.1, 0.15) is 17.4 Å². The van der Waals surface area contributed by atoms with Gasteiger partial charge in [-0.2, -0.15) is 8.42 Å². The summed E-state index contributed by atoms with van der Waals surface area (Å²) in [6.45, 7) is 0.138. The molecule has 3 atom stereocenters. The Labute approximate surface area is 237 Å². The summed E-state index contributed by atoms with van der Waals surface area (Å²) in [5.41, 5.74) is 8.77. The van der Waals surface area contributed by atoms with E-state index in [2.05, 4.69) is 15.0 Å². The van der Waals surface area contributed by atoms with Gasteiger partial charge < -0.3 is 15.0 Å². The highest BCUT2D eigenvalue weighted by atomic mass is 32.3. The number of imidazole rings is 1. The van der Waals surface area contributed by atoms with Crippen molar-refractivity contribution in [1.29, 1.82) is 0 Å². The molecule has 0 aliphatic heterocycles. The predicted octanol–water partition coefficient (Wildman–Crippen LogP) is 4.56. The smallest absolute Gasteiger partial charge is 0.382 e. The Morgan fingerprint density at radius 2 is 1.41 bits per heavy atom. The monoisotopic (exact) mass is 571 g/mol. The molecule has 0 saturated heterocycles. The Morgan fingerprint density at radius 1 is 0.854 bits per heavy atom. The van der Waals surface area contributed by atoms with E-state index in [1.807, 2.05) is 95.6 Å². The lowest BCUT2D eigenvalue weighted by Crippen LogP contribution is -2.36. The second-order valence-corrected chi connectivity index (χ2v) is 11.2. The Kier molecular flexibility index (Phi) is 7.26. The van der Waals surface area contributed by atoms with Crippen LogP contribution < -0.4 is 5.73 Å². The zero-order chi connectivity index (χ0) is 28.5. The average Bonchev–Trinajstić information content (AvgIpc) is 3.59. The first kappa shape index (κ1) is 27.0. The molecule has 0 bridgehead atoms. The van der Waals surface area contributed by atoms with Crippen LogP contribution in [0.5, 0.6) is 0 Å². The summed E-state index contributed by atoms with van der Waals surface area (Å²) in [5, 5.41) is 0. The average molecular weight is 572 g/mol. The summed E-state index contributed by atoms with van der Waals surface area (Å²) in [4.78, 5) is 12.7. The molecule has 3 aromatic carbocycles. The van der Waals surface area contributed by atoms with Gasteiger partial charge in [0.05, 0.1) is 19.0 Å². The molecular formula is C30H29N5O5S. The molecule has 5 aromatic rings. The van der Waals surface area contributed by atoms with E-state index in [9.17, 15) is 13.0 Å². The summed E-state index contributed by atoms with van der Waals surface area (Å²) in [7, 11) is -4.72. The Hall–Kier alpha value is -4.16. The molecule has 10 nitrogen and oxygen atoms in total. The van der Waals surface area contributed by atoms with Crippen molar-refractivity contribution in [3.05, 3.63) is 120 Å². The number of nitrogen functional groups attached to an aromatic ring is 1. The number of benzene rings is 3. The lowest BCUT2D eigenvalue weighted by Gasteiger charge is -2.37. The van der Waals surface area contributed by atoms with E-state index in [4.69, 9.17) is 14.7 Å². The van der Waals surface area contributed by atoms with E-state index in [1.54, 1.807) is 6.33 Å². The molecule has 6 rings (SSSR count). The SMILES string of the molecule is Nc1ncnc2c1ncn2[C@@H]1C[C@H](COC(c2ccccc2)(c2ccccc2)c2ccccc2)[C@@H](OS(=O)(=O)O)C1. The molecule has 0 unspecified atom stereocenters. The third-order valence-electron chi connectivity index (χ3n) is 7.69. The summed E-state index contributed by atoms with van der Waals surface area (Å²) < 4.78 is 47.4. The number of nitrogens with zero attached hydrogens (tertiary/aromatic N) is 4. The van der Waals surface area contributed by atoms with Crippen LogP contribution >= 0.6 is 0 Å². The molecule has 11 heteroatoms. The number of aromatic nitrogens is 4. The standard InChI is InChI=1S/C30H29N5O5S/c31-28-27-29(33-19-32-28)35(20-34-27)25-16-21(26(17-25)40-41(36,37)38)18-39-30(22-10-4-1-5-11-22,23-12-6-2-7-13-23)24-14-8-3-9-15-24/h1-15,19-21,25-26H,16-18H2,(H2,31,32,33)(H,36,37,38)/t21-,25-,26+/m1/s1. The van der Waals surface area contributed by atoms with Gasteiger partial charge in [0.25, 0.3) is 0 Å². The van der Waals surface area contributed by atoms with Gasteiger partial charge in [-0.25, -0.2) is 19.1 Å². The normalized spacial score (nSPS) is 19.5. The van der Waals surface area contributed by atoms with Crippen molar-refractivity contribution in [2.75, 3.05) is 12.3 Å². The van der Waals surface area contributed by atoms with Gasteiger partial charge >= 0.3 is 10.4 Å².